The Bertz CT molecular complexity index is 118. The van der Waals surface area contributed by atoms with Crippen molar-refractivity contribution in [3.8, 4) is 0 Å². The molecule has 46 valence electrons. The Morgan fingerprint density at radius 2 is 2.50 bits per heavy atom. The molecule has 1 heterocycles. The average molecular weight is 115 g/mol. The number of nitrogens with two attached hydrogens (primary N) is 1. The number of hydrogen-bond acceptors (Lipinski definition) is 2. The summed E-state index contributed by atoms with van der Waals surface area (Å²) in [7, 11) is 0. The van der Waals surface area contributed by atoms with Crippen LogP contribution in [0, 0.1) is 0 Å². The van der Waals surface area contributed by atoms with E-state index in [-0.39, 0.29) is 11.5 Å². The molecule has 3 heteroatoms. The molecule has 1 rings (SSSR count). The summed E-state index contributed by atoms with van der Waals surface area (Å²) in [5, 5.41) is 0. The Hall–Kier alpha value is -0.570. The highest BCUT2D eigenvalue weighted by molar-refractivity contribution is 5.75. The molecule has 0 aromatic rings. The fraction of sp³-hybridized carbons (Fsp3) is 0.800. The molecule has 8 heavy (non-hydrogen) atoms. The molecule has 1 aliphatic rings. The molecule has 1 aliphatic heterocycles. The highest BCUT2D eigenvalue weighted by Crippen LogP contribution is 2.28. The van der Waals surface area contributed by atoms with Crippen molar-refractivity contribution < 1.29 is 9.53 Å². The first-order valence-corrected chi connectivity index (χ1v) is 2.55. The van der Waals surface area contributed by atoms with Gasteiger partial charge < -0.3 is 10.5 Å². The Morgan fingerprint density at radius 1 is 2.00 bits per heavy atom. The minimum absolute atomic E-state index is 0.203. The molecule has 0 bridgehead atoms. The predicted octanol–water partition coefficient (Wildman–Crippen LogP) is -0.349. The summed E-state index contributed by atoms with van der Waals surface area (Å²) in [6.07, 6.45) is 0.354. The van der Waals surface area contributed by atoms with E-state index in [9.17, 15) is 4.79 Å². The second-order valence-electron chi connectivity index (χ2n) is 2.38. The van der Waals surface area contributed by atoms with Crippen LogP contribution in [0.3, 0.4) is 0 Å². The number of carbonyl (C=O) groups excluding carboxylic acids is 1. The van der Waals surface area contributed by atoms with Crippen molar-refractivity contribution in [3.63, 3.8) is 0 Å². The summed E-state index contributed by atoms with van der Waals surface area (Å²) >= 11 is 0. The van der Waals surface area contributed by atoms with Crippen molar-refractivity contribution in [2.75, 3.05) is 6.61 Å². The lowest BCUT2D eigenvalue weighted by molar-refractivity contribution is -0.119. The van der Waals surface area contributed by atoms with Crippen LogP contribution in [-0.2, 0) is 9.53 Å². The Balaban J connectivity index is 2.29. The van der Waals surface area contributed by atoms with E-state index in [1.807, 2.05) is 6.92 Å². The smallest absolute Gasteiger partial charge is 0.220 e. The molecular weight excluding hydrogens is 106 g/mol. The molecule has 2 N–H and O–H groups in total. The zero-order valence-corrected chi connectivity index (χ0v) is 4.81. The minimum atomic E-state index is -0.287. The van der Waals surface area contributed by atoms with Gasteiger partial charge >= 0.3 is 0 Å². The first kappa shape index (κ1) is 5.56. The maximum Gasteiger partial charge on any atom is 0.220 e. The molecule has 1 atom stereocenters. The number of rotatable bonds is 2. The molecule has 0 aromatic heterocycles. The topological polar surface area (TPSA) is 55.6 Å². The van der Waals surface area contributed by atoms with E-state index in [0.717, 1.165) is 0 Å². The van der Waals surface area contributed by atoms with Gasteiger partial charge in [0.1, 0.15) is 0 Å². The fourth-order valence-corrected chi connectivity index (χ4v) is 0.594. The number of carbonyl (C=O) groups is 1. The monoisotopic (exact) mass is 115 g/mol. The van der Waals surface area contributed by atoms with Crippen LogP contribution in [0.2, 0.25) is 0 Å². The van der Waals surface area contributed by atoms with E-state index >= 15 is 0 Å². The van der Waals surface area contributed by atoms with Gasteiger partial charge in [-0.25, -0.2) is 0 Å². The number of primary amides is 1. The quantitative estimate of drug-likeness (QED) is 0.500. The van der Waals surface area contributed by atoms with Crippen molar-refractivity contribution in [2.24, 2.45) is 5.73 Å². The van der Waals surface area contributed by atoms with Crippen LogP contribution in [0.15, 0.2) is 0 Å². The molecule has 1 fully saturated rings. The average Bonchev–Trinajstić information content (AvgIpc) is 2.17. The van der Waals surface area contributed by atoms with E-state index in [1.165, 1.54) is 0 Å². The third-order valence-corrected chi connectivity index (χ3v) is 1.19. The number of amides is 1. The Morgan fingerprint density at radius 3 is 2.62 bits per heavy atom. The van der Waals surface area contributed by atoms with E-state index in [1.54, 1.807) is 0 Å². The molecule has 0 spiro atoms. The van der Waals surface area contributed by atoms with Crippen molar-refractivity contribution in [3.05, 3.63) is 0 Å². The summed E-state index contributed by atoms with van der Waals surface area (Å²) in [5.41, 5.74) is 4.70. The van der Waals surface area contributed by atoms with Gasteiger partial charge in [-0.1, -0.05) is 0 Å². The van der Waals surface area contributed by atoms with Gasteiger partial charge in [-0.05, 0) is 6.92 Å². The maximum absolute atomic E-state index is 10.2. The van der Waals surface area contributed by atoms with Crippen LogP contribution < -0.4 is 5.73 Å². The second-order valence-corrected chi connectivity index (χ2v) is 2.38. The lowest BCUT2D eigenvalue weighted by atomic mass is 10.1. The summed E-state index contributed by atoms with van der Waals surface area (Å²) in [5.74, 6) is -0.287. The highest BCUT2D eigenvalue weighted by Gasteiger charge is 2.40. The molecule has 0 saturated carbocycles. The molecule has 1 saturated heterocycles. The largest absolute Gasteiger partial charge is 0.370 e. The Kier molecular flexibility index (Phi) is 1.01. The van der Waals surface area contributed by atoms with Gasteiger partial charge in [-0.2, -0.15) is 0 Å². The zero-order valence-electron chi connectivity index (χ0n) is 4.81. The van der Waals surface area contributed by atoms with Crippen molar-refractivity contribution in [2.45, 2.75) is 18.9 Å². The molecule has 0 aromatic carbocycles. The highest BCUT2D eigenvalue weighted by atomic mass is 16.6. The van der Waals surface area contributed by atoms with Gasteiger partial charge in [0.15, 0.2) is 0 Å². The summed E-state index contributed by atoms with van der Waals surface area (Å²) in [4.78, 5) is 10.2. The van der Waals surface area contributed by atoms with Crippen LogP contribution in [0.1, 0.15) is 13.3 Å². The molecule has 1 unspecified atom stereocenters. The molecular formula is C5H9NO2. The Labute approximate surface area is 47.8 Å². The molecule has 1 amide bonds. The normalized spacial score (nSPS) is 34.6. The lowest BCUT2D eigenvalue weighted by Gasteiger charge is -1.96. The number of ether oxygens (including phenoxy) is 1. The molecule has 3 nitrogen and oxygen atoms in total. The first-order valence-electron chi connectivity index (χ1n) is 2.55. The van der Waals surface area contributed by atoms with E-state index in [2.05, 4.69) is 0 Å². The lowest BCUT2D eigenvalue weighted by Crippen LogP contribution is -2.19. The molecule has 0 radical (unpaired) electrons. The van der Waals surface area contributed by atoms with Crippen LogP contribution in [-0.4, -0.2) is 18.1 Å². The van der Waals surface area contributed by atoms with Gasteiger partial charge in [0.05, 0.1) is 18.6 Å². The van der Waals surface area contributed by atoms with Crippen LogP contribution in [0.5, 0.6) is 0 Å². The number of hydrogen-bond donors (Lipinski definition) is 1. The summed E-state index contributed by atoms with van der Waals surface area (Å²) in [6, 6.07) is 0. The van der Waals surface area contributed by atoms with Crippen LogP contribution in [0.4, 0.5) is 0 Å². The predicted molar refractivity (Wildman–Crippen MR) is 28.2 cm³/mol. The fourth-order valence-electron chi connectivity index (χ4n) is 0.594. The van der Waals surface area contributed by atoms with Gasteiger partial charge in [0.25, 0.3) is 0 Å². The van der Waals surface area contributed by atoms with Crippen molar-refractivity contribution in [1.82, 2.24) is 0 Å². The van der Waals surface area contributed by atoms with E-state index in [0.29, 0.717) is 13.0 Å². The maximum atomic E-state index is 10.2. The van der Waals surface area contributed by atoms with E-state index < -0.39 is 0 Å². The van der Waals surface area contributed by atoms with E-state index in [4.69, 9.17) is 10.5 Å². The van der Waals surface area contributed by atoms with Crippen molar-refractivity contribution in [1.29, 1.82) is 0 Å². The van der Waals surface area contributed by atoms with Crippen molar-refractivity contribution >= 4 is 5.91 Å². The van der Waals surface area contributed by atoms with Crippen LogP contribution in [0.25, 0.3) is 0 Å². The van der Waals surface area contributed by atoms with Crippen LogP contribution >= 0.6 is 0 Å². The summed E-state index contributed by atoms with van der Waals surface area (Å²) in [6.45, 7) is 2.55. The third kappa shape index (κ3) is 1.20. The summed E-state index contributed by atoms with van der Waals surface area (Å²) < 4.78 is 4.91. The van der Waals surface area contributed by atoms with Gasteiger partial charge in [-0.3, -0.25) is 4.79 Å². The molecule has 0 aliphatic carbocycles. The third-order valence-electron chi connectivity index (χ3n) is 1.19. The van der Waals surface area contributed by atoms with Gasteiger partial charge in [-0.15, -0.1) is 0 Å². The standard InChI is InChI=1S/C5H9NO2/c1-5(3-8-5)2-4(6)7/h2-3H2,1H3,(H2,6,7). The zero-order chi connectivity index (χ0) is 6.20. The minimum Gasteiger partial charge on any atom is -0.370 e. The number of epoxide rings is 1. The second kappa shape index (κ2) is 1.45. The van der Waals surface area contributed by atoms with Gasteiger partial charge in [0.2, 0.25) is 5.91 Å². The first-order chi connectivity index (χ1) is 3.62. The van der Waals surface area contributed by atoms with Gasteiger partial charge in [0, 0.05) is 0 Å². The SMILES string of the molecule is CC1(CC(N)=O)CO1.